The monoisotopic (exact) mass is 356 g/mol. The van der Waals surface area contributed by atoms with Gasteiger partial charge in [0.15, 0.2) is 0 Å². The van der Waals surface area contributed by atoms with Crippen LogP contribution in [0.1, 0.15) is 18.9 Å². The molecule has 0 saturated carbocycles. The van der Waals surface area contributed by atoms with Crippen molar-refractivity contribution >= 4 is 11.9 Å². The fraction of sp³-hybridized carbons (Fsp3) is 0.316. The number of hydrogen-bond donors (Lipinski definition) is 3. The van der Waals surface area contributed by atoms with Crippen LogP contribution in [0.15, 0.2) is 48.7 Å². The SMILES string of the molecule is CC[C@H](NCC(=O)OC)C(=O)NNCc1ccc(-c2ccccn2)cc1. The van der Waals surface area contributed by atoms with Crippen molar-refractivity contribution in [2.45, 2.75) is 25.9 Å². The highest BCUT2D eigenvalue weighted by Crippen LogP contribution is 2.16. The van der Waals surface area contributed by atoms with E-state index in [2.05, 4.69) is 25.9 Å². The van der Waals surface area contributed by atoms with Crippen molar-refractivity contribution in [1.29, 1.82) is 0 Å². The van der Waals surface area contributed by atoms with E-state index < -0.39 is 12.0 Å². The minimum absolute atomic E-state index is 0.00257. The molecule has 0 spiro atoms. The Morgan fingerprint density at radius 3 is 2.54 bits per heavy atom. The van der Waals surface area contributed by atoms with Crippen LogP contribution in [0.2, 0.25) is 0 Å². The number of pyridine rings is 1. The lowest BCUT2D eigenvalue weighted by Crippen LogP contribution is -2.49. The van der Waals surface area contributed by atoms with E-state index in [0.717, 1.165) is 16.8 Å². The van der Waals surface area contributed by atoms with Gasteiger partial charge in [0.2, 0.25) is 0 Å². The van der Waals surface area contributed by atoms with Gasteiger partial charge in [-0.1, -0.05) is 37.3 Å². The molecule has 0 aliphatic carbocycles. The quantitative estimate of drug-likeness (QED) is 0.465. The Morgan fingerprint density at radius 1 is 1.15 bits per heavy atom. The second-order valence-corrected chi connectivity index (χ2v) is 5.67. The molecule has 0 saturated heterocycles. The molecule has 7 heteroatoms. The minimum atomic E-state index is -0.465. The molecule has 138 valence electrons. The van der Waals surface area contributed by atoms with Crippen LogP contribution < -0.4 is 16.2 Å². The van der Waals surface area contributed by atoms with E-state index >= 15 is 0 Å². The topological polar surface area (TPSA) is 92.3 Å². The molecule has 0 fully saturated rings. The van der Waals surface area contributed by atoms with Crippen molar-refractivity contribution in [1.82, 2.24) is 21.2 Å². The number of esters is 1. The Labute approximate surface area is 153 Å². The summed E-state index contributed by atoms with van der Waals surface area (Å²) in [5.41, 5.74) is 8.55. The molecule has 7 nitrogen and oxygen atoms in total. The van der Waals surface area contributed by atoms with E-state index in [4.69, 9.17) is 0 Å². The number of aromatic nitrogens is 1. The average Bonchev–Trinajstić information content (AvgIpc) is 2.69. The number of benzene rings is 1. The van der Waals surface area contributed by atoms with Gasteiger partial charge >= 0.3 is 5.97 Å². The van der Waals surface area contributed by atoms with Crippen molar-refractivity contribution in [2.24, 2.45) is 0 Å². The summed E-state index contributed by atoms with van der Waals surface area (Å²) in [6.07, 6.45) is 2.32. The minimum Gasteiger partial charge on any atom is -0.468 e. The predicted octanol–water partition coefficient (Wildman–Crippen LogP) is 1.41. The van der Waals surface area contributed by atoms with Crippen molar-refractivity contribution in [3.8, 4) is 11.3 Å². The zero-order valence-corrected chi connectivity index (χ0v) is 15.0. The summed E-state index contributed by atoms with van der Waals surface area (Å²) in [6, 6.07) is 13.3. The number of nitrogens with zero attached hydrogens (tertiary/aromatic N) is 1. The van der Waals surface area contributed by atoms with E-state index in [1.165, 1.54) is 7.11 Å². The Kier molecular flexibility index (Phi) is 7.73. The Bertz CT molecular complexity index is 704. The third-order valence-electron chi connectivity index (χ3n) is 3.86. The van der Waals surface area contributed by atoms with Gasteiger partial charge in [-0.05, 0) is 24.1 Å². The van der Waals surface area contributed by atoms with E-state index in [-0.39, 0.29) is 12.5 Å². The van der Waals surface area contributed by atoms with E-state index in [1.807, 2.05) is 49.4 Å². The van der Waals surface area contributed by atoms with Crippen molar-refractivity contribution < 1.29 is 14.3 Å². The lowest BCUT2D eigenvalue weighted by atomic mass is 10.1. The fourth-order valence-electron chi connectivity index (χ4n) is 2.35. The van der Waals surface area contributed by atoms with Crippen LogP contribution >= 0.6 is 0 Å². The van der Waals surface area contributed by atoms with E-state index in [1.54, 1.807) is 6.20 Å². The lowest BCUT2D eigenvalue weighted by Gasteiger charge is -2.16. The molecule has 0 aliphatic heterocycles. The van der Waals surface area contributed by atoms with Gasteiger partial charge in [-0.3, -0.25) is 25.3 Å². The number of hydrazine groups is 1. The maximum atomic E-state index is 12.1. The second-order valence-electron chi connectivity index (χ2n) is 5.67. The first-order valence-corrected chi connectivity index (χ1v) is 8.47. The number of carbonyl (C=O) groups is 2. The molecule has 0 bridgehead atoms. The van der Waals surface area contributed by atoms with Crippen LogP contribution in [0.25, 0.3) is 11.3 Å². The van der Waals surface area contributed by atoms with Crippen LogP contribution in [0.5, 0.6) is 0 Å². The van der Waals surface area contributed by atoms with Crippen LogP contribution in [-0.2, 0) is 20.9 Å². The molecular weight excluding hydrogens is 332 g/mol. The molecule has 1 aromatic heterocycles. The highest BCUT2D eigenvalue weighted by molar-refractivity contribution is 5.82. The molecule has 0 radical (unpaired) electrons. The Balaban J connectivity index is 1.79. The molecule has 2 aromatic rings. The van der Waals surface area contributed by atoms with E-state index in [0.29, 0.717) is 13.0 Å². The van der Waals surface area contributed by atoms with Gasteiger partial charge in [0.05, 0.1) is 25.4 Å². The highest BCUT2D eigenvalue weighted by Gasteiger charge is 2.16. The van der Waals surface area contributed by atoms with Gasteiger partial charge in [0.25, 0.3) is 5.91 Å². The van der Waals surface area contributed by atoms with Crippen molar-refractivity contribution in [3.05, 3.63) is 54.2 Å². The number of hydrogen-bond acceptors (Lipinski definition) is 6. The first kappa shape index (κ1) is 19.6. The molecule has 1 heterocycles. The molecule has 3 N–H and O–H groups in total. The molecule has 2 rings (SSSR count). The summed E-state index contributed by atoms with van der Waals surface area (Å²) in [6.45, 7) is 2.35. The summed E-state index contributed by atoms with van der Waals surface area (Å²) in [4.78, 5) is 27.6. The van der Waals surface area contributed by atoms with Gasteiger partial charge in [0, 0.05) is 18.3 Å². The van der Waals surface area contributed by atoms with E-state index in [9.17, 15) is 9.59 Å². The summed E-state index contributed by atoms with van der Waals surface area (Å²) < 4.78 is 4.55. The maximum absolute atomic E-state index is 12.1. The third kappa shape index (κ3) is 5.94. The van der Waals surface area contributed by atoms with Crippen molar-refractivity contribution in [2.75, 3.05) is 13.7 Å². The molecular formula is C19H24N4O3. The molecule has 1 atom stereocenters. The largest absolute Gasteiger partial charge is 0.468 e. The zero-order valence-electron chi connectivity index (χ0n) is 15.0. The second kappa shape index (κ2) is 10.3. The van der Waals surface area contributed by atoms with Gasteiger partial charge in [-0.2, -0.15) is 0 Å². The van der Waals surface area contributed by atoms with Crippen LogP contribution in [0, 0.1) is 0 Å². The van der Waals surface area contributed by atoms with Gasteiger partial charge in [-0.15, -0.1) is 0 Å². The summed E-state index contributed by atoms with van der Waals surface area (Å²) in [5.74, 6) is -0.626. The van der Waals surface area contributed by atoms with Crippen LogP contribution in [-0.4, -0.2) is 36.6 Å². The molecule has 1 amide bonds. The summed E-state index contributed by atoms with van der Waals surface area (Å²) in [5, 5.41) is 2.86. The standard InChI is InChI=1S/C19H24N4O3/c1-3-16(21-13-18(24)26-2)19(25)23-22-12-14-7-9-15(10-8-14)17-6-4-5-11-20-17/h4-11,16,21-22H,3,12-13H2,1-2H3,(H,23,25)/t16-/m0/s1. The average molecular weight is 356 g/mol. The molecule has 26 heavy (non-hydrogen) atoms. The normalized spacial score (nSPS) is 11.6. The first-order valence-electron chi connectivity index (χ1n) is 8.47. The van der Waals surface area contributed by atoms with Gasteiger partial charge < -0.3 is 4.74 Å². The third-order valence-corrected chi connectivity index (χ3v) is 3.86. The van der Waals surface area contributed by atoms with Crippen LogP contribution in [0.3, 0.4) is 0 Å². The molecule has 0 unspecified atom stereocenters. The lowest BCUT2D eigenvalue weighted by molar-refractivity contribution is -0.139. The smallest absolute Gasteiger partial charge is 0.319 e. The number of methoxy groups -OCH3 is 1. The summed E-state index contributed by atoms with van der Waals surface area (Å²) >= 11 is 0. The zero-order chi connectivity index (χ0) is 18.8. The predicted molar refractivity (Wildman–Crippen MR) is 98.8 cm³/mol. The number of ether oxygens (including phenoxy) is 1. The Morgan fingerprint density at radius 2 is 1.92 bits per heavy atom. The van der Waals surface area contributed by atoms with Crippen molar-refractivity contribution in [3.63, 3.8) is 0 Å². The molecule has 0 aliphatic rings. The number of carbonyl (C=O) groups excluding carboxylic acids is 2. The number of amides is 1. The molecule has 1 aromatic carbocycles. The van der Waals surface area contributed by atoms with Gasteiger partial charge in [0.1, 0.15) is 0 Å². The highest BCUT2D eigenvalue weighted by atomic mass is 16.5. The number of rotatable bonds is 9. The maximum Gasteiger partial charge on any atom is 0.319 e. The first-order chi connectivity index (χ1) is 12.6. The van der Waals surface area contributed by atoms with Gasteiger partial charge in [-0.25, -0.2) is 5.43 Å². The summed E-state index contributed by atoms with van der Waals surface area (Å²) in [7, 11) is 1.31. The van der Waals surface area contributed by atoms with Crippen LogP contribution in [0.4, 0.5) is 0 Å². The number of nitrogens with one attached hydrogen (secondary N) is 3. The Hall–Kier alpha value is -2.77. The fourth-order valence-corrected chi connectivity index (χ4v) is 2.35.